The van der Waals surface area contributed by atoms with Crippen LogP contribution < -0.4 is 5.32 Å². The summed E-state index contributed by atoms with van der Waals surface area (Å²) in [7, 11) is 0. The number of thiophene rings is 2. The van der Waals surface area contributed by atoms with E-state index in [1.54, 1.807) is 22.7 Å². The SMILES string of the molecule is CC(C)(C)CC(=O)NCc1ccc(C(O)c2cccs2)s1. The molecule has 2 aromatic rings. The molecule has 3 nitrogen and oxygen atoms in total. The van der Waals surface area contributed by atoms with Gasteiger partial charge in [0.05, 0.1) is 6.54 Å². The van der Waals surface area contributed by atoms with Crippen LogP contribution in [-0.4, -0.2) is 11.0 Å². The largest absolute Gasteiger partial charge is 0.382 e. The number of aliphatic hydroxyl groups excluding tert-OH is 1. The van der Waals surface area contributed by atoms with Crippen molar-refractivity contribution in [3.05, 3.63) is 44.3 Å². The Labute approximate surface area is 133 Å². The van der Waals surface area contributed by atoms with Crippen LogP contribution in [0.3, 0.4) is 0 Å². The van der Waals surface area contributed by atoms with E-state index in [-0.39, 0.29) is 11.3 Å². The normalized spacial score (nSPS) is 13.1. The van der Waals surface area contributed by atoms with E-state index in [1.165, 1.54) is 0 Å². The van der Waals surface area contributed by atoms with Gasteiger partial charge in [0.15, 0.2) is 0 Å². The van der Waals surface area contributed by atoms with Crippen molar-refractivity contribution in [3.63, 3.8) is 0 Å². The van der Waals surface area contributed by atoms with Crippen LogP contribution in [-0.2, 0) is 11.3 Å². The number of hydrogen-bond donors (Lipinski definition) is 2. The summed E-state index contributed by atoms with van der Waals surface area (Å²) in [6, 6.07) is 7.76. The lowest BCUT2D eigenvalue weighted by Crippen LogP contribution is -2.26. The van der Waals surface area contributed by atoms with Crippen LogP contribution in [0.4, 0.5) is 0 Å². The molecule has 0 aliphatic carbocycles. The number of aliphatic hydroxyl groups is 1. The van der Waals surface area contributed by atoms with E-state index in [0.29, 0.717) is 13.0 Å². The number of carbonyl (C=O) groups is 1. The Hall–Kier alpha value is -1.17. The Morgan fingerprint density at radius 2 is 2.05 bits per heavy atom. The fourth-order valence-electron chi connectivity index (χ4n) is 1.95. The highest BCUT2D eigenvalue weighted by atomic mass is 32.1. The summed E-state index contributed by atoms with van der Waals surface area (Å²) in [5, 5.41) is 15.2. The fourth-order valence-corrected chi connectivity index (χ4v) is 3.71. The average Bonchev–Trinajstić information content (AvgIpc) is 3.05. The van der Waals surface area contributed by atoms with Crippen molar-refractivity contribution < 1.29 is 9.90 Å². The van der Waals surface area contributed by atoms with Gasteiger partial charge in [-0.3, -0.25) is 4.79 Å². The zero-order valence-corrected chi connectivity index (χ0v) is 14.2. The van der Waals surface area contributed by atoms with Crippen LogP contribution in [0.25, 0.3) is 0 Å². The van der Waals surface area contributed by atoms with Gasteiger partial charge in [-0.25, -0.2) is 0 Å². The van der Waals surface area contributed by atoms with Crippen LogP contribution in [0.2, 0.25) is 0 Å². The van der Waals surface area contributed by atoms with Crippen molar-refractivity contribution in [2.45, 2.75) is 39.8 Å². The van der Waals surface area contributed by atoms with Gasteiger partial charge < -0.3 is 10.4 Å². The molecule has 0 fully saturated rings. The molecule has 2 aromatic heterocycles. The third-order valence-corrected chi connectivity index (χ3v) is 4.98. The van der Waals surface area contributed by atoms with E-state index < -0.39 is 6.10 Å². The first-order valence-electron chi connectivity index (χ1n) is 6.92. The van der Waals surface area contributed by atoms with Gasteiger partial charge in [-0.1, -0.05) is 26.8 Å². The predicted molar refractivity (Wildman–Crippen MR) is 88.6 cm³/mol. The second-order valence-corrected chi connectivity index (χ2v) is 8.42. The second kappa shape index (κ2) is 6.73. The van der Waals surface area contributed by atoms with Gasteiger partial charge in [0.25, 0.3) is 0 Å². The summed E-state index contributed by atoms with van der Waals surface area (Å²) in [5.41, 5.74) is 0.0000582. The molecule has 2 rings (SSSR count). The number of nitrogens with one attached hydrogen (secondary N) is 1. The van der Waals surface area contributed by atoms with Gasteiger partial charge in [-0.15, -0.1) is 22.7 Å². The molecule has 0 aliphatic rings. The average molecular weight is 323 g/mol. The molecule has 0 saturated carbocycles. The van der Waals surface area contributed by atoms with E-state index in [9.17, 15) is 9.90 Å². The summed E-state index contributed by atoms with van der Waals surface area (Å²) in [4.78, 5) is 14.7. The minimum absolute atomic E-state index is 0.0000582. The first kappa shape index (κ1) is 16.2. The maximum atomic E-state index is 11.8. The number of amides is 1. The topological polar surface area (TPSA) is 49.3 Å². The highest BCUT2D eigenvalue weighted by Crippen LogP contribution is 2.30. The lowest BCUT2D eigenvalue weighted by atomic mass is 9.92. The van der Waals surface area contributed by atoms with Gasteiger partial charge >= 0.3 is 0 Å². The molecular weight excluding hydrogens is 302 g/mol. The quantitative estimate of drug-likeness (QED) is 0.875. The van der Waals surface area contributed by atoms with E-state index >= 15 is 0 Å². The lowest BCUT2D eigenvalue weighted by molar-refractivity contribution is -0.122. The first-order valence-corrected chi connectivity index (χ1v) is 8.61. The van der Waals surface area contributed by atoms with Crippen LogP contribution in [0.15, 0.2) is 29.6 Å². The summed E-state index contributed by atoms with van der Waals surface area (Å²) in [6.07, 6.45) is -0.0442. The standard InChI is InChI=1S/C16H21NO2S2/c1-16(2,3)9-14(18)17-10-11-6-7-13(21-11)15(19)12-5-4-8-20-12/h4-8,15,19H,9-10H2,1-3H3,(H,17,18). The molecule has 2 N–H and O–H groups in total. The molecule has 1 unspecified atom stereocenters. The molecule has 21 heavy (non-hydrogen) atoms. The van der Waals surface area contributed by atoms with Crippen molar-refractivity contribution in [1.29, 1.82) is 0 Å². The lowest BCUT2D eigenvalue weighted by Gasteiger charge is -2.16. The highest BCUT2D eigenvalue weighted by molar-refractivity contribution is 7.12. The van der Waals surface area contributed by atoms with E-state index in [0.717, 1.165) is 14.6 Å². The van der Waals surface area contributed by atoms with Gasteiger partial charge in [0, 0.05) is 21.1 Å². The van der Waals surface area contributed by atoms with Crippen LogP contribution in [0.5, 0.6) is 0 Å². The van der Waals surface area contributed by atoms with Crippen molar-refractivity contribution >= 4 is 28.6 Å². The molecule has 2 heterocycles. The van der Waals surface area contributed by atoms with E-state index in [4.69, 9.17) is 0 Å². The highest BCUT2D eigenvalue weighted by Gasteiger charge is 2.17. The maximum absolute atomic E-state index is 11.8. The van der Waals surface area contributed by atoms with E-state index in [2.05, 4.69) is 5.32 Å². The molecular formula is C16H21NO2S2. The Bertz CT molecular complexity index is 582. The summed E-state index contributed by atoms with van der Waals surface area (Å²) < 4.78 is 0. The first-order chi connectivity index (χ1) is 9.85. The third-order valence-electron chi connectivity index (χ3n) is 2.92. The van der Waals surface area contributed by atoms with E-state index in [1.807, 2.05) is 50.4 Å². The van der Waals surface area contributed by atoms with Crippen LogP contribution in [0.1, 0.15) is 47.9 Å². The van der Waals surface area contributed by atoms with Gasteiger partial charge in [0.2, 0.25) is 5.91 Å². The summed E-state index contributed by atoms with van der Waals surface area (Å²) >= 11 is 3.09. The summed E-state index contributed by atoms with van der Waals surface area (Å²) in [5.74, 6) is 0.0660. The summed E-state index contributed by atoms with van der Waals surface area (Å²) in [6.45, 7) is 6.67. The van der Waals surface area contributed by atoms with Crippen molar-refractivity contribution in [2.75, 3.05) is 0 Å². The molecule has 0 saturated heterocycles. The van der Waals surface area contributed by atoms with Gasteiger partial charge in [0.1, 0.15) is 6.10 Å². The van der Waals surface area contributed by atoms with Gasteiger partial charge in [-0.05, 0) is 29.0 Å². The molecule has 1 atom stereocenters. The van der Waals surface area contributed by atoms with Crippen molar-refractivity contribution in [1.82, 2.24) is 5.32 Å². The number of rotatable bonds is 5. The smallest absolute Gasteiger partial charge is 0.220 e. The Balaban J connectivity index is 1.90. The second-order valence-electron chi connectivity index (χ2n) is 6.24. The zero-order valence-electron chi connectivity index (χ0n) is 12.6. The molecule has 0 spiro atoms. The minimum atomic E-state index is -0.561. The molecule has 0 aliphatic heterocycles. The fraction of sp³-hybridized carbons (Fsp3) is 0.438. The van der Waals surface area contributed by atoms with Crippen LogP contribution >= 0.6 is 22.7 Å². The molecule has 0 radical (unpaired) electrons. The molecule has 1 amide bonds. The minimum Gasteiger partial charge on any atom is -0.382 e. The molecule has 5 heteroatoms. The monoisotopic (exact) mass is 323 g/mol. The molecule has 0 aromatic carbocycles. The predicted octanol–water partition coefficient (Wildman–Crippen LogP) is 3.94. The van der Waals surface area contributed by atoms with Crippen molar-refractivity contribution in [3.8, 4) is 0 Å². The van der Waals surface area contributed by atoms with Crippen molar-refractivity contribution in [2.24, 2.45) is 5.41 Å². The molecule has 0 bridgehead atoms. The molecule has 114 valence electrons. The van der Waals surface area contributed by atoms with Gasteiger partial charge in [-0.2, -0.15) is 0 Å². The van der Waals surface area contributed by atoms with Crippen LogP contribution in [0, 0.1) is 5.41 Å². The number of carbonyl (C=O) groups excluding carboxylic acids is 1. The maximum Gasteiger partial charge on any atom is 0.220 e. The zero-order chi connectivity index (χ0) is 15.5. The Kier molecular flexibility index (Phi) is 5.19. The number of hydrogen-bond acceptors (Lipinski definition) is 4. The Morgan fingerprint density at radius 3 is 2.67 bits per heavy atom. The third kappa shape index (κ3) is 4.95. The Morgan fingerprint density at radius 1 is 1.29 bits per heavy atom.